The molecule has 31 heavy (non-hydrogen) atoms. The van der Waals surface area contributed by atoms with Crippen LogP contribution in [0, 0.1) is 0 Å². The Morgan fingerprint density at radius 1 is 0.903 bits per heavy atom. The van der Waals surface area contributed by atoms with E-state index in [1.807, 2.05) is 78.9 Å². The molecular weight excluding hydrogens is 390 g/mol. The highest BCUT2D eigenvalue weighted by Gasteiger charge is 2.16. The summed E-state index contributed by atoms with van der Waals surface area (Å²) in [6, 6.07) is 25.9. The van der Waals surface area contributed by atoms with Crippen molar-refractivity contribution in [2.24, 2.45) is 0 Å². The molecule has 4 rings (SSSR count). The third-order valence-electron chi connectivity index (χ3n) is 4.85. The van der Waals surface area contributed by atoms with Crippen LogP contribution in [0.15, 0.2) is 78.9 Å². The maximum atomic E-state index is 12.2. The summed E-state index contributed by atoms with van der Waals surface area (Å²) in [5, 5.41) is 11.4. The van der Waals surface area contributed by atoms with Gasteiger partial charge < -0.3 is 9.64 Å². The van der Waals surface area contributed by atoms with Crippen molar-refractivity contribution >= 4 is 6.03 Å². The summed E-state index contributed by atoms with van der Waals surface area (Å²) in [4.78, 5) is 13.6. The van der Waals surface area contributed by atoms with E-state index in [0.29, 0.717) is 18.9 Å². The summed E-state index contributed by atoms with van der Waals surface area (Å²) in [6.07, 6.45) is 0.457. The minimum atomic E-state index is -0.277. The van der Waals surface area contributed by atoms with E-state index in [1.165, 1.54) is 9.58 Å². The lowest BCUT2D eigenvalue weighted by molar-refractivity contribution is 0.214. The van der Waals surface area contributed by atoms with Gasteiger partial charge in [-0.25, -0.2) is 4.79 Å². The number of rotatable bonds is 6. The maximum absolute atomic E-state index is 12.2. The van der Waals surface area contributed by atoms with E-state index in [1.54, 1.807) is 14.1 Å². The number of benzene rings is 3. The lowest BCUT2D eigenvalue weighted by atomic mass is 10.0. The van der Waals surface area contributed by atoms with Crippen LogP contribution in [0.25, 0.3) is 11.1 Å². The summed E-state index contributed by atoms with van der Waals surface area (Å²) in [5.41, 5.74) is 4.21. The molecule has 0 N–H and O–H groups in total. The van der Waals surface area contributed by atoms with Crippen molar-refractivity contribution in [3.63, 3.8) is 0 Å². The van der Waals surface area contributed by atoms with E-state index >= 15 is 0 Å². The van der Waals surface area contributed by atoms with Crippen LogP contribution in [0.3, 0.4) is 0 Å². The van der Waals surface area contributed by atoms with Crippen molar-refractivity contribution < 1.29 is 9.53 Å². The third kappa shape index (κ3) is 4.78. The molecule has 0 spiro atoms. The zero-order chi connectivity index (χ0) is 21.6. The monoisotopic (exact) mass is 413 g/mol. The van der Waals surface area contributed by atoms with Crippen molar-refractivity contribution in [2.45, 2.75) is 13.0 Å². The largest absolute Gasteiger partial charge is 0.488 e. The van der Waals surface area contributed by atoms with Gasteiger partial charge in [0.1, 0.15) is 12.4 Å². The fourth-order valence-corrected chi connectivity index (χ4v) is 3.20. The van der Waals surface area contributed by atoms with Gasteiger partial charge in [0.05, 0.1) is 0 Å². The molecule has 0 aliphatic heterocycles. The van der Waals surface area contributed by atoms with E-state index in [-0.39, 0.29) is 6.03 Å². The number of hydrogen-bond acceptors (Lipinski definition) is 5. The average Bonchev–Trinajstić information content (AvgIpc) is 3.26. The second-order valence-corrected chi connectivity index (χ2v) is 7.33. The minimum Gasteiger partial charge on any atom is -0.488 e. The lowest BCUT2D eigenvalue weighted by Crippen LogP contribution is -2.29. The van der Waals surface area contributed by atoms with E-state index in [4.69, 9.17) is 4.74 Å². The molecule has 0 unspecified atom stereocenters. The molecule has 1 heterocycles. The lowest BCUT2D eigenvalue weighted by Gasteiger charge is -2.12. The molecule has 0 radical (unpaired) electrons. The predicted octanol–water partition coefficient (Wildman–Crippen LogP) is 4.04. The van der Waals surface area contributed by atoms with Gasteiger partial charge in [0, 0.05) is 26.1 Å². The Labute approximate surface area is 180 Å². The quantitative estimate of drug-likeness (QED) is 0.446. The van der Waals surface area contributed by atoms with Crippen LogP contribution in [-0.2, 0) is 13.0 Å². The topological polar surface area (TPSA) is 73.1 Å². The fraction of sp³-hybridized carbons (Fsp3) is 0.167. The molecule has 3 aromatic carbocycles. The highest BCUT2D eigenvalue weighted by molar-refractivity contribution is 5.75. The summed E-state index contributed by atoms with van der Waals surface area (Å²) in [6.45, 7) is 0.512. The molecule has 7 heteroatoms. The van der Waals surface area contributed by atoms with Crippen molar-refractivity contribution in [1.29, 1.82) is 0 Å². The van der Waals surface area contributed by atoms with Gasteiger partial charge in [-0.1, -0.05) is 72.8 Å². The van der Waals surface area contributed by atoms with Gasteiger partial charge in [-0.15, -0.1) is 9.78 Å². The molecule has 0 saturated carbocycles. The van der Waals surface area contributed by atoms with Crippen LogP contribution in [0.5, 0.6) is 5.75 Å². The van der Waals surface area contributed by atoms with Crippen molar-refractivity contribution in [3.05, 3.63) is 95.8 Å². The van der Waals surface area contributed by atoms with Gasteiger partial charge >= 0.3 is 6.03 Å². The number of carbonyl (C=O) groups is 1. The number of nitrogens with zero attached hydrogens (tertiary/aromatic N) is 5. The Morgan fingerprint density at radius 3 is 2.35 bits per heavy atom. The van der Waals surface area contributed by atoms with E-state index < -0.39 is 0 Å². The number of ether oxygens (including phenoxy) is 1. The van der Waals surface area contributed by atoms with E-state index in [0.717, 1.165) is 28.0 Å². The Bertz CT molecular complexity index is 1150. The zero-order valence-electron chi connectivity index (χ0n) is 17.5. The molecule has 1 aromatic heterocycles. The highest BCUT2D eigenvalue weighted by Crippen LogP contribution is 2.30. The molecule has 0 saturated heterocycles. The van der Waals surface area contributed by atoms with Crippen molar-refractivity contribution in [1.82, 2.24) is 25.1 Å². The first-order valence-electron chi connectivity index (χ1n) is 9.96. The van der Waals surface area contributed by atoms with E-state index in [9.17, 15) is 4.79 Å². The zero-order valence-corrected chi connectivity index (χ0v) is 17.5. The molecule has 0 fully saturated rings. The molecular formula is C24H23N5O2. The molecule has 0 atom stereocenters. The van der Waals surface area contributed by atoms with Gasteiger partial charge in [-0.2, -0.15) is 0 Å². The molecule has 1 amide bonds. The predicted molar refractivity (Wildman–Crippen MR) is 118 cm³/mol. The molecule has 0 aliphatic rings. The summed E-state index contributed by atoms with van der Waals surface area (Å²) < 4.78 is 7.31. The molecule has 0 aliphatic carbocycles. The van der Waals surface area contributed by atoms with Gasteiger partial charge in [0.2, 0.25) is 0 Å². The van der Waals surface area contributed by atoms with Crippen LogP contribution in [0.4, 0.5) is 4.79 Å². The Morgan fingerprint density at radius 2 is 1.61 bits per heavy atom. The SMILES string of the molecule is CN(C)C(=O)n1nnnc1Cc1ccc(-c2ccccc2OCc2ccccc2)cc1. The Hall–Kier alpha value is -4.00. The van der Waals surface area contributed by atoms with Gasteiger partial charge in [-0.05, 0) is 33.2 Å². The minimum absolute atomic E-state index is 0.277. The van der Waals surface area contributed by atoms with Gasteiger partial charge in [0.15, 0.2) is 5.82 Å². The molecule has 156 valence electrons. The van der Waals surface area contributed by atoms with Gasteiger partial charge in [-0.3, -0.25) is 0 Å². The summed E-state index contributed by atoms with van der Waals surface area (Å²) in [5.74, 6) is 1.33. The first-order chi connectivity index (χ1) is 15.1. The number of carbonyl (C=O) groups excluding carboxylic acids is 1. The van der Waals surface area contributed by atoms with Crippen LogP contribution < -0.4 is 4.74 Å². The number of hydrogen-bond donors (Lipinski definition) is 0. The summed E-state index contributed by atoms with van der Waals surface area (Å²) >= 11 is 0. The molecule has 4 aromatic rings. The van der Waals surface area contributed by atoms with Crippen LogP contribution in [0.2, 0.25) is 0 Å². The fourth-order valence-electron chi connectivity index (χ4n) is 3.20. The van der Waals surface area contributed by atoms with Crippen molar-refractivity contribution in [2.75, 3.05) is 14.1 Å². The van der Waals surface area contributed by atoms with Crippen LogP contribution in [-0.4, -0.2) is 45.2 Å². The highest BCUT2D eigenvalue weighted by atomic mass is 16.5. The summed E-state index contributed by atoms with van der Waals surface area (Å²) in [7, 11) is 3.33. The van der Waals surface area contributed by atoms with Crippen LogP contribution in [0.1, 0.15) is 17.0 Å². The van der Waals surface area contributed by atoms with Gasteiger partial charge in [0.25, 0.3) is 0 Å². The molecule has 7 nitrogen and oxygen atoms in total. The van der Waals surface area contributed by atoms with E-state index in [2.05, 4.69) is 15.5 Å². The van der Waals surface area contributed by atoms with Crippen LogP contribution >= 0.6 is 0 Å². The normalized spacial score (nSPS) is 10.6. The maximum Gasteiger partial charge on any atom is 0.347 e. The second-order valence-electron chi connectivity index (χ2n) is 7.33. The smallest absolute Gasteiger partial charge is 0.347 e. The first kappa shape index (κ1) is 20.3. The Balaban J connectivity index is 1.50. The number of amides is 1. The number of tetrazole rings is 1. The number of para-hydroxylation sites is 1. The van der Waals surface area contributed by atoms with Crippen molar-refractivity contribution in [3.8, 4) is 16.9 Å². The molecule has 0 bridgehead atoms. The number of aromatic nitrogens is 4. The second kappa shape index (κ2) is 9.21. The Kier molecular flexibility index (Phi) is 6.03. The standard InChI is InChI=1S/C24H23N5O2/c1-28(2)24(30)29-23(25-26-27-29)16-18-12-14-20(15-13-18)21-10-6-7-11-22(21)31-17-19-8-4-3-5-9-19/h3-15H,16-17H2,1-2H3. The average molecular weight is 413 g/mol. The first-order valence-corrected chi connectivity index (χ1v) is 9.96. The third-order valence-corrected chi connectivity index (χ3v) is 4.85.